The predicted octanol–water partition coefficient (Wildman–Crippen LogP) is 1.66. The molecule has 0 bridgehead atoms. The summed E-state index contributed by atoms with van der Waals surface area (Å²) in [5.74, 6) is 1.58. The molecule has 0 radical (unpaired) electrons. The van der Waals surface area contributed by atoms with Crippen LogP contribution in [0.15, 0.2) is 17.2 Å². The molecule has 0 aliphatic carbocycles. The van der Waals surface area contributed by atoms with Crippen LogP contribution in [0.5, 0.6) is 0 Å². The molecule has 0 unspecified atom stereocenters. The average Bonchev–Trinajstić information content (AvgIpc) is 2.84. The number of rotatable bonds is 2. The Kier molecular flexibility index (Phi) is 3.09. The highest BCUT2D eigenvalue weighted by Gasteiger charge is 2.21. The first-order chi connectivity index (χ1) is 8.79. The molecular formula is C12H14ClN3O2. The number of hydrogen-bond donors (Lipinski definition) is 1. The van der Waals surface area contributed by atoms with Crippen LogP contribution in [0.3, 0.4) is 0 Å². The second-order valence-electron chi connectivity index (χ2n) is 4.50. The Morgan fingerprint density at radius 1 is 1.50 bits per heavy atom. The fraction of sp³-hybridized carbons (Fsp3) is 0.500. The molecule has 18 heavy (non-hydrogen) atoms. The van der Waals surface area contributed by atoms with Gasteiger partial charge in [-0.25, -0.2) is 4.98 Å². The molecule has 3 heterocycles. The lowest BCUT2D eigenvalue weighted by atomic mass is 10.00. The quantitative estimate of drug-likeness (QED) is 0.842. The molecular weight excluding hydrogens is 254 g/mol. The van der Waals surface area contributed by atoms with Crippen LogP contribution in [-0.2, 0) is 10.6 Å². The number of nitrogens with zero attached hydrogens (tertiary/aromatic N) is 2. The molecule has 96 valence electrons. The topological polar surface area (TPSA) is 59.4 Å². The normalized spacial score (nSPS) is 17.4. The Morgan fingerprint density at radius 3 is 3.00 bits per heavy atom. The predicted molar refractivity (Wildman–Crippen MR) is 68.2 cm³/mol. The van der Waals surface area contributed by atoms with Gasteiger partial charge in [-0.05, 0) is 12.8 Å². The van der Waals surface area contributed by atoms with Gasteiger partial charge in [0, 0.05) is 31.0 Å². The number of aromatic amines is 1. The Balaban J connectivity index is 2.12. The molecule has 3 rings (SSSR count). The van der Waals surface area contributed by atoms with Crippen LogP contribution in [0.2, 0.25) is 0 Å². The van der Waals surface area contributed by atoms with Crippen molar-refractivity contribution in [3.63, 3.8) is 0 Å². The Hall–Kier alpha value is -1.33. The van der Waals surface area contributed by atoms with Crippen molar-refractivity contribution in [3.8, 4) is 0 Å². The first-order valence-electron chi connectivity index (χ1n) is 6.02. The van der Waals surface area contributed by atoms with E-state index in [4.69, 9.17) is 16.3 Å². The van der Waals surface area contributed by atoms with E-state index in [-0.39, 0.29) is 11.4 Å². The Labute approximate surface area is 109 Å². The van der Waals surface area contributed by atoms with E-state index >= 15 is 0 Å². The summed E-state index contributed by atoms with van der Waals surface area (Å²) in [7, 11) is 0. The molecule has 0 spiro atoms. The molecule has 2 aromatic rings. The molecule has 1 saturated heterocycles. The molecule has 6 heteroatoms. The molecule has 0 saturated carbocycles. The lowest BCUT2D eigenvalue weighted by Gasteiger charge is -2.21. The fourth-order valence-corrected chi connectivity index (χ4v) is 2.54. The van der Waals surface area contributed by atoms with Gasteiger partial charge in [-0.2, -0.15) is 0 Å². The zero-order chi connectivity index (χ0) is 12.5. The SMILES string of the molecule is O=c1[nH]c(CCl)cn2c(C3CCOCC3)ncc12. The van der Waals surface area contributed by atoms with Crippen LogP contribution in [0.4, 0.5) is 0 Å². The number of imidazole rings is 1. The van der Waals surface area contributed by atoms with Gasteiger partial charge in [0.2, 0.25) is 0 Å². The number of H-pyrrole nitrogens is 1. The zero-order valence-electron chi connectivity index (χ0n) is 9.86. The van der Waals surface area contributed by atoms with E-state index in [1.165, 1.54) is 0 Å². The first kappa shape index (κ1) is 11.7. The maximum Gasteiger partial charge on any atom is 0.274 e. The lowest BCUT2D eigenvalue weighted by Crippen LogP contribution is -2.18. The second kappa shape index (κ2) is 4.74. The van der Waals surface area contributed by atoms with Crippen LogP contribution < -0.4 is 5.56 Å². The minimum atomic E-state index is -0.140. The van der Waals surface area contributed by atoms with Crippen LogP contribution in [0.25, 0.3) is 5.52 Å². The van der Waals surface area contributed by atoms with Crippen LogP contribution in [-0.4, -0.2) is 27.6 Å². The van der Waals surface area contributed by atoms with Crippen molar-refractivity contribution in [2.24, 2.45) is 0 Å². The monoisotopic (exact) mass is 267 g/mol. The summed E-state index contributed by atoms with van der Waals surface area (Å²) in [6, 6.07) is 0. The van der Waals surface area contributed by atoms with Gasteiger partial charge in [-0.1, -0.05) is 0 Å². The minimum Gasteiger partial charge on any atom is -0.381 e. The summed E-state index contributed by atoms with van der Waals surface area (Å²) < 4.78 is 7.22. The zero-order valence-corrected chi connectivity index (χ0v) is 10.6. The Morgan fingerprint density at radius 2 is 2.28 bits per heavy atom. The number of ether oxygens (including phenoxy) is 1. The van der Waals surface area contributed by atoms with E-state index in [0.717, 1.165) is 31.9 Å². The van der Waals surface area contributed by atoms with Gasteiger partial charge in [0.05, 0.1) is 12.1 Å². The summed E-state index contributed by atoms with van der Waals surface area (Å²) in [6.07, 6.45) is 5.38. The number of hydrogen-bond acceptors (Lipinski definition) is 3. The van der Waals surface area contributed by atoms with Gasteiger partial charge < -0.3 is 9.72 Å². The van der Waals surface area contributed by atoms with Crippen molar-refractivity contribution in [3.05, 3.63) is 34.3 Å². The summed E-state index contributed by atoms with van der Waals surface area (Å²) in [4.78, 5) is 19.0. The van der Waals surface area contributed by atoms with E-state index in [1.54, 1.807) is 6.20 Å². The van der Waals surface area contributed by atoms with Crippen LogP contribution in [0.1, 0.15) is 30.3 Å². The standard InChI is InChI=1S/C12H14ClN3O2/c13-5-9-7-16-10(12(17)15-9)6-14-11(16)8-1-3-18-4-2-8/h6-8H,1-5H2,(H,15,17). The minimum absolute atomic E-state index is 0.140. The molecule has 1 fully saturated rings. The highest BCUT2D eigenvalue weighted by Crippen LogP contribution is 2.25. The van der Waals surface area contributed by atoms with Crippen LogP contribution in [0, 0.1) is 0 Å². The second-order valence-corrected chi connectivity index (χ2v) is 4.77. The highest BCUT2D eigenvalue weighted by atomic mass is 35.5. The van der Waals surface area contributed by atoms with E-state index in [1.807, 2.05) is 10.6 Å². The van der Waals surface area contributed by atoms with E-state index in [0.29, 0.717) is 17.1 Å². The molecule has 1 aliphatic heterocycles. The van der Waals surface area contributed by atoms with E-state index in [9.17, 15) is 4.79 Å². The van der Waals surface area contributed by atoms with Crippen molar-refractivity contribution < 1.29 is 4.74 Å². The molecule has 0 aromatic carbocycles. The summed E-state index contributed by atoms with van der Waals surface area (Å²) in [6.45, 7) is 1.51. The largest absolute Gasteiger partial charge is 0.381 e. The average molecular weight is 268 g/mol. The first-order valence-corrected chi connectivity index (χ1v) is 6.56. The van der Waals surface area contributed by atoms with Crippen molar-refractivity contribution in [1.29, 1.82) is 0 Å². The van der Waals surface area contributed by atoms with E-state index < -0.39 is 0 Å². The number of fused-ring (bicyclic) bond motifs is 1. The smallest absolute Gasteiger partial charge is 0.274 e. The van der Waals surface area contributed by atoms with Crippen LogP contribution >= 0.6 is 11.6 Å². The van der Waals surface area contributed by atoms with Gasteiger partial charge in [-0.3, -0.25) is 9.20 Å². The summed E-state index contributed by atoms with van der Waals surface area (Å²) in [5, 5.41) is 0. The van der Waals surface area contributed by atoms with Gasteiger partial charge in [0.15, 0.2) is 0 Å². The summed E-state index contributed by atoms with van der Waals surface area (Å²) >= 11 is 5.78. The fourth-order valence-electron chi connectivity index (χ4n) is 2.40. The van der Waals surface area contributed by atoms with Gasteiger partial charge >= 0.3 is 0 Å². The third-order valence-corrected chi connectivity index (χ3v) is 3.64. The van der Waals surface area contributed by atoms with Crippen molar-refractivity contribution in [2.75, 3.05) is 13.2 Å². The molecule has 1 aliphatic rings. The van der Waals surface area contributed by atoms with Gasteiger partial charge in [-0.15, -0.1) is 11.6 Å². The van der Waals surface area contributed by atoms with Crippen molar-refractivity contribution in [2.45, 2.75) is 24.6 Å². The molecule has 2 aromatic heterocycles. The lowest BCUT2D eigenvalue weighted by molar-refractivity contribution is 0.0835. The Bertz CT molecular complexity index is 613. The highest BCUT2D eigenvalue weighted by molar-refractivity contribution is 6.16. The third kappa shape index (κ3) is 1.93. The number of halogens is 1. The molecule has 0 atom stereocenters. The summed E-state index contributed by atoms with van der Waals surface area (Å²) in [5.41, 5.74) is 1.14. The van der Waals surface area contributed by atoms with Gasteiger partial charge in [0.1, 0.15) is 11.3 Å². The number of nitrogens with one attached hydrogen (secondary N) is 1. The van der Waals surface area contributed by atoms with Crippen molar-refractivity contribution >= 4 is 17.1 Å². The van der Waals surface area contributed by atoms with Gasteiger partial charge in [0.25, 0.3) is 5.56 Å². The number of alkyl halides is 1. The maximum absolute atomic E-state index is 11.9. The number of aromatic nitrogens is 3. The van der Waals surface area contributed by atoms with E-state index in [2.05, 4.69) is 9.97 Å². The molecule has 0 amide bonds. The van der Waals surface area contributed by atoms with Crippen molar-refractivity contribution in [1.82, 2.24) is 14.4 Å². The molecule has 1 N–H and O–H groups in total. The maximum atomic E-state index is 11.9. The molecule has 5 nitrogen and oxygen atoms in total. The third-order valence-electron chi connectivity index (χ3n) is 3.35.